The number of hydrogen-bond donors (Lipinski definition) is 1. The maximum absolute atomic E-state index is 11.4. The number of piperidine rings is 1. The third-order valence-corrected chi connectivity index (χ3v) is 3.38. The topological polar surface area (TPSA) is 53.2 Å². The number of aryl methyl sites for hydroxylation is 1. The van der Waals surface area contributed by atoms with Crippen molar-refractivity contribution in [1.82, 2.24) is 9.88 Å². The normalized spacial score (nSPS) is 17.2. The van der Waals surface area contributed by atoms with Crippen LogP contribution in [0, 0.1) is 6.92 Å². The molecule has 1 aliphatic rings. The molecule has 1 aromatic rings. The van der Waals surface area contributed by atoms with Crippen LogP contribution in [0.25, 0.3) is 0 Å². The van der Waals surface area contributed by atoms with E-state index in [0.29, 0.717) is 5.92 Å². The van der Waals surface area contributed by atoms with Gasteiger partial charge in [0.05, 0.1) is 0 Å². The zero-order chi connectivity index (χ0) is 12.4. The van der Waals surface area contributed by atoms with Gasteiger partial charge < -0.3 is 9.88 Å². The van der Waals surface area contributed by atoms with Gasteiger partial charge in [0.2, 0.25) is 5.91 Å². The second kappa shape index (κ2) is 4.73. The lowest BCUT2D eigenvalue weighted by atomic mass is 9.93. The van der Waals surface area contributed by atoms with Crippen LogP contribution in [0.4, 0.5) is 0 Å². The molecule has 4 nitrogen and oxygen atoms in total. The molecule has 4 heteroatoms. The van der Waals surface area contributed by atoms with E-state index in [9.17, 15) is 9.59 Å². The average molecular weight is 234 g/mol. The summed E-state index contributed by atoms with van der Waals surface area (Å²) >= 11 is 0. The number of rotatable bonds is 1. The van der Waals surface area contributed by atoms with Gasteiger partial charge in [-0.2, -0.15) is 0 Å². The minimum absolute atomic E-state index is 0.0604. The first-order valence-corrected chi connectivity index (χ1v) is 6.02. The summed E-state index contributed by atoms with van der Waals surface area (Å²) in [5.74, 6) is 0.513. The number of nitrogens with zero attached hydrogens (tertiary/aromatic N) is 1. The molecule has 0 atom stereocenters. The number of aromatic amines is 1. The predicted molar refractivity (Wildman–Crippen MR) is 66.0 cm³/mol. The van der Waals surface area contributed by atoms with E-state index in [4.69, 9.17) is 0 Å². The van der Waals surface area contributed by atoms with Gasteiger partial charge in [0, 0.05) is 49.5 Å². The van der Waals surface area contributed by atoms with Crippen molar-refractivity contribution in [3.63, 3.8) is 0 Å². The second-order valence-corrected chi connectivity index (χ2v) is 4.73. The highest BCUT2D eigenvalue weighted by Crippen LogP contribution is 2.25. The zero-order valence-electron chi connectivity index (χ0n) is 10.3. The van der Waals surface area contributed by atoms with Gasteiger partial charge in [-0.1, -0.05) is 0 Å². The molecule has 0 bridgehead atoms. The maximum atomic E-state index is 11.4. The molecule has 1 N–H and O–H groups in total. The van der Waals surface area contributed by atoms with Crippen molar-refractivity contribution in [2.45, 2.75) is 32.6 Å². The zero-order valence-corrected chi connectivity index (χ0v) is 10.3. The second-order valence-electron chi connectivity index (χ2n) is 4.73. The molecular weight excluding hydrogens is 216 g/mol. The number of nitrogens with one attached hydrogen (secondary N) is 1. The van der Waals surface area contributed by atoms with Gasteiger partial charge >= 0.3 is 0 Å². The molecular formula is C13H18N2O2. The highest BCUT2D eigenvalue weighted by molar-refractivity contribution is 5.73. The highest BCUT2D eigenvalue weighted by Gasteiger charge is 2.22. The number of pyridine rings is 1. The lowest BCUT2D eigenvalue weighted by Crippen LogP contribution is -2.36. The summed E-state index contributed by atoms with van der Waals surface area (Å²) in [5, 5.41) is 0. The third kappa shape index (κ3) is 2.75. The Morgan fingerprint density at radius 3 is 2.53 bits per heavy atom. The van der Waals surface area contributed by atoms with Crippen molar-refractivity contribution < 1.29 is 4.79 Å². The first-order valence-electron chi connectivity index (χ1n) is 6.02. The predicted octanol–water partition coefficient (Wildman–Crippen LogP) is 1.41. The van der Waals surface area contributed by atoms with Gasteiger partial charge in [0.15, 0.2) is 5.43 Å². The SMILES string of the molecule is CC(=O)N1CCC(c2cc(=O)cc(C)[nH]2)CC1. The fraction of sp³-hybridized carbons (Fsp3) is 0.538. The standard InChI is InChI=1S/C13H18N2O2/c1-9-7-12(17)8-13(14-9)11-3-5-15(6-4-11)10(2)16/h7-8,11H,3-6H2,1-2H3,(H,14,17). The summed E-state index contributed by atoms with van der Waals surface area (Å²) < 4.78 is 0. The van der Waals surface area contributed by atoms with E-state index in [0.717, 1.165) is 37.3 Å². The Morgan fingerprint density at radius 2 is 2.00 bits per heavy atom. The molecule has 1 saturated heterocycles. The number of carbonyl (C=O) groups excluding carboxylic acids is 1. The van der Waals surface area contributed by atoms with Crippen molar-refractivity contribution in [3.8, 4) is 0 Å². The summed E-state index contributed by atoms with van der Waals surface area (Å²) in [5.41, 5.74) is 1.98. The molecule has 0 saturated carbocycles. The van der Waals surface area contributed by atoms with Crippen molar-refractivity contribution in [3.05, 3.63) is 33.7 Å². The Kier molecular flexibility index (Phi) is 3.31. The summed E-state index contributed by atoms with van der Waals surface area (Å²) in [6, 6.07) is 3.29. The van der Waals surface area contributed by atoms with E-state index in [2.05, 4.69) is 4.98 Å². The molecule has 2 rings (SSSR count). The largest absolute Gasteiger partial charge is 0.362 e. The Bertz CT molecular complexity index is 471. The average Bonchev–Trinajstić information content (AvgIpc) is 2.28. The summed E-state index contributed by atoms with van der Waals surface area (Å²) in [6.07, 6.45) is 1.86. The first-order chi connectivity index (χ1) is 8.06. The Balaban J connectivity index is 2.10. The van der Waals surface area contributed by atoms with Gasteiger partial charge in [-0.15, -0.1) is 0 Å². The van der Waals surface area contributed by atoms with Gasteiger partial charge in [0.25, 0.3) is 0 Å². The molecule has 1 aromatic heterocycles. The molecule has 1 fully saturated rings. The molecule has 0 aromatic carbocycles. The van der Waals surface area contributed by atoms with Gasteiger partial charge in [-0.3, -0.25) is 9.59 Å². The molecule has 17 heavy (non-hydrogen) atoms. The number of carbonyl (C=O) groups is 1. The van der Waals surface area contributed by atoms with Crippen molar-refractivity contribution >= 4 is 5.91 Å². The summed E-state index contributed by atoms with van der Waals surface area (Å²) in [7, 11) is 0. The van der Waals surface area contributed by atoms with Gasteiger partial charge in [-0.05, 0) is 19.8 Å². The van der Waals surface area contributed by atoms with Crippen molar-refractivity contribution in [1.29, 1.82) is 0 Å². The van der Waals surface area contributed by atoms with Crippen LogP contribution in [0.3, 0.4) is 0 Å². The Morgan fingerprint density at radius 1 is 1.35 bits per heavy atom. The molecule has 0 aliphatic carbocycles. The monoisotopic (exact) mass is 234 g/mol. The van der Waals surface area contributed by atoms with E-state index in [-0.39, 0.29) is 11.3 Å². The lowest BCUT2D eigenvalue weighted by molar-refractivity contribution is -0.129. The number of hydrogen-bond acceptors (Lipinski definition) is 2. The molecule has 0 radical (unpaired) electrons. The molecule has 1 amide bonds. The molecule has 2 heterocycles. The smallest absolute Gasteiger partial charge is 0.219 e. The van der Waals surface area contributed by atoms with E-state index in [1.807, 2.05) is 11.8 Å². The fourth-order valence-corrected chi connectivity index (χ4v) is 2.43. The van der Waals surface area contributed by atoms with Crippen LogP contribution in [0.5, 0.6) is 0 Å². The number of aromatic nitrogens is 1. The summed E-state index contributed by atoms with van der Waals surface area (Å²) in [4.78, 5) is 27.8. The van der Waals surface area contributed by atoms with E-state index < -0.39 is 0 Å². The molecule has 92 valence electrons. The minimum atomic E-state index is 0.0604. The number of amides is 1. The maximum Gasteiger partial charge on any atom is 0.219 e. The number of H-pyrrole nitrogens is 1. The highest BCUT2D eigenvalue weighted by atomic mass is 16.2. The molecule has 0 unspecified atom stereocenters. The van der Waals surface area contributed by atoms with Crippen LogP contribution in [0.15, 0.2) is 16.9 Å². The van der Waals surface area contributed by atoms with E-state index in [1.54, 1.807) is 19.1 Å². The van der Waals surface area contributed by atoms with E-state index in [1.165, 1.54) is 0 Å². The van der Waals surface area contributed by atoms with Crippen LogP contribution in [-0.4, -0.2) is 28.9 Å². The molecule has 0 spiro atoms. The van der Waals surface area contributed by atoms with Crippen LogP contribution < -0.4 is 5.43 Å². The first kappa shape index (κ1) is 11.9. The van der Waals surface area contributed by atoms with E-state index >= 15 is 0 Å². The van der Waals surface area contributed by atoms with Crippen LogP contribution in [-0.2, 0) is 4.79 Å². The van der Waals surface area contributed by atoms with Crippen molar-refractivity contribution in [2.24, 2.45) is 0 Å². The Hall–Kier alpha value is -1.58. The van der Waals surface area contributed by atoms with Gasteiger partial charge in [-0.25, -0.2) is 0 Å². The third-order valence-electron chi connectivity index (χ3n) is 3.38. The van der Waals surface area contributed by atoms with Gasteiger partial charge in [0.1, 0.15) is 0 Å². The molecule has 1 aliphatic heterocycles. The Labute approximate surface area is 101 Å². The van der Waals surface area contributed by atoms with Crippen LogP contribution in [0.2, 0.25) is 0 Å². The quantitative estimate of drug-likeness (QED) is 0.798. The summed E-state index contributed by atoms with van der Waals surface area (Å²) in [6.45, 7) is 5.08. The minimum Gasteiger partial charge on any atom is -0.362 e. The van der Waals surface area contributed by atoms with Crippen LogP contribution >= 0.6 is 0 Å². The van der Waals surface area contributed by atoms with Crippen molar-refractivity contribution in [2.75, 3.05) is 13.1 Å². The number of likely N-dealkylation sites (tertiary alicyclic amines) is 1. The fourth-order valence-electron chi connectivity index (χ4n) is 2.43. The van der Waals surface area contributed by atoms with Crippen LogP contribution in [0.1, 0.15) is 37.1 Å². The lowest BCUT2D eigenvalue weighted by Gasteiger charge is -2.31.